The number of rotatable bonds is 11. The zero-order chi connectivity index (χ0) is 28.7. The Hall–Kier alpha value is -3.36. The molecule has 0 radical (unpaired) electrons. The smallest absolute Gasteiger partial charge is 0.264 e. The largest absolute Gasteiger partial charge is 0.352 e. The number of benzene rings is 3. The molecule has 0 bridgehead atoms. The van der Waals surface area contributed by atoms with E-state index in [1.807, 2.05) is 37.3 Å². The highest BCUT2D eigenvalue weighted by molar-refractivity contribution is 7.92. The summed E-state index contributed by atoms with van der Waals surface area (Å²) in [5.41, 5.74) is 2.08. The first kappa shape index (κ1) is 29.6. The van der Waals surface area contributed by atoms with Crippen LogP contribution in [0.3, 0.4) is 0 Å². The van der Waals surface area contributed by atoms with Gasteiger partial charge in [-0.1, -0.05) is 79.0 Å². The molecular weight excluding hydrogens is 546 g/mol. The Morgan fingerprint density at radius 1 is 0.975 bits per heavy atom. The highest BCUT2D eigenvalue weighted by Crippen LogP contribution is 2.28. The van der Waals surface area contributed by atoms with Gasteiger partial charge in [-0.25, -0.2) is 8.42 Å². The van der Waals surface area contributed by atoms with Crippen LogP contribution in [-0.2, 0) is 26.0 Å². The van der Waals surface area contributed by atoms with Crippen molar-refractivity contribution in [1.82, 2.24) is 10.2 Å². The topological polar surface area (TPSA) is 86.8 Å². The van der Waals surface area contributed by atoms with E-state index in [2.05, 4.69) is 5.32 Å². The number of nitrogens with one attached hydrogen (secondary N) is 1. The average Bonchev–Trinajstić information content (AvgIpc) is 3.47. The maximum atomic E-state index is 14.0. The molecule has 2 amide bonds. The lowest BCUT2D eigenvalue weighted by Crippen LogP contribution is -2.53. The summed E-state index contributed by atoms with van der Waals surface area (Å²) >= 11 is 6.37. The summed E-state index contributed by atoms with van der Waals surface area (Å²) in [5.74, 6) is -0.703. The lowest BCUT2D eigenvalue weighted by molar-refractivity contribution is -0.139. The molecule has 1 saturated carbocycles. The molecule has 4 rings (SSSR count). The normalized spacial score (nSPS) is 14.5. The summed E-state index contributed by atoms with van der Waals surface area (Å²) < 4.78 is 28.7. The van der Waals surface area contributed by atoms with Crippen LogP contribution in [0.4, 0.5) is 5.69 Å². The number of carbonyl (C=O) groups excluding carboxylic acids is 2. The van der Waals surface area contributed by atoms with Crippen LogP contribution < -0.4 is 9.62 Å². The number of aryl methyl sites for hydroxylation is 1. The number of halogens is 1. The molecule has 3 aromatic rings. The van der Waals surface area contributed by atoms with E-state index in [0.29, 0.717) is 11.4 Å². The molecule has 0 heterocycles. The van der Waals surface area contributed by atoms with Gasteiger partial charge < -0.3 is 10.2 Å². The van der Waals surface area contributed by atoms with Gasteiger partial charge >= 0.3 is 0 Å². The van der Waals surface area contributed by atoms with E-state index in [9.17, 15) is 18.0 Å². The van der Waals surface area contributed by atoms with E-state index < -0.39 is 28.5 Å². The Kier molecular flexibility index (Phi) is 9.87. The summed E-state index contributed by atoms with van der Waals surface area (Å²) in [6.07, 6.45) is 4.51. The number of hydrogen-bond acceptors (Lipinski definition) is 4. The molecule has 1 N–H and O–H groups in total. The number of hydrogen-bond donors (Lipinski definition) is 1. The van der Waals surface area contributed by atoms with Crippen LogP contribution in [0.5, 0.6) is 0 Å². The standard InChI is InChI=1S/C31H36ClN3O4S/c1-23-17-18-27(21-29(23)32)35(40(38,39)28-15-7-4-8-16-28)22-30(36)34(20-19-25-11-5-3-6-12-25)24(2)31(37)33-26-13-9-10-14-26/h3-8,11-12,15-18,21,24,26H,9-10,13-14,19-20,22H2,1-2H3,(H,33,37)/t24-/m0/s1. The molecule has 3 aromatic carbocycles. The third-order valence-corrected chi connectivity index (χ3v) is 9.60. The van der Waals surface area contributed by atoms with Crippen molar-refractivity contribution in [1.29, 1.82) is 0 Å². The van der Waals surface area contributed by atoms with Crippen molar-refractivity contribution in [3.05, 3.63) is 95.0 Å². The molecule has 0 spiro atoms. The van der Waals surface area contributed by atoms with Gasteiger partial charge in [0, 0.05) is 17.6 Å². The highest BCUT2D eigenvalue weighted by Gasteiger charge is 2.33. The fraction of sp³-hybridized carbons (Fsp3) is 0.355. The minimum Gasteiger partial charge on any atom is -0.352 e. The van der Waals surface area contributed by atoms with Gasteiger partial charge in [-0.15, -0.1) is 0 Å². The van der Waals surface area contributed by atoms with E-state index in [4.69, 9.17) is 11.6 Å². The molecule has 0 aliphatic heterocycles. The Morgan fingerprint density at radius 2 is 1.60 bits per heavy atom. The lowest BCUT2D eigenvalue weighted by atomic mass is 10.1. The van der Waals surface area contributed by atoms with Gasteiger partial charge in [0.15, 0.2) is 0 Å². The molecule has 212 valence electrons. The number of sulfonamides is 1. The Balaban J connectivity index is 1.65. The van der Waals surface area contributed by atoms with Crippen molar-refractivity contribution < 1.29 is 18.0 Å². The SMILES string of the molecule is Cc1ccc(N(CC(=O)N(CCc2ccccc2)[C@@H](C)C(=O)NC2CCCC2)S(=O)(=O)c2ccccc2)cc1Cl. The second kappa shape index (κ2) is 13.3. The minimum absolute atomic E-state index is 0.0577. The fourth-order valence-electron chi connectivity index (χ4n) is 4.95. The molecule has 1 aliphatic rings. The molecule has 7 nitrogen and oxygen atoms in total. The van der Waals surface area contributed by atoms with Crippen molar-refractivity contribution in [2.24, 2.45) is 0 Å². The summed E-state index contributed by atoms with van der Waals surface area (Å²) in [5, 5.41) is 3.48. The van der Waals surface area contributed by atoms with Crippen LogP contribution >= 0.6 is 11.6 Å². The maximum Gasteiger partial charge on any atom is 0.264 e. The minimum atomic E-state index is -4.12. The summed E-state index contributed by atoms with van der Waals surface area (Å²) in [6.45, 7) is 3.30. The highest BCUT2D eigenvalue weighted by atomic mass is 35.5. The van der Waals surface area contributed by atoms with Crippen LogP contribution in [0.15, 0.2) is 83.8 Å². The summed E-state index contributed by atoms with van der Waals surface area (Å²) in [4.78, 5) is 28.8. The first-order valence-corrected chi connectivity index (χ1v) is 15.5. The van der Waals surface area contributed by atoms with E-state index in [-0.39, 0.29) is 29.1 Å². The van der Waals surface area contributed by atoms with Crippen molar-refractivity contribution in [2.45, 2.75) is 62.9 Å². The van der Waals surface area contributed by atoms with Gasteiger partial charge in [-0.2, -0.15) is 0 Å². The van der Waals surface area contributed by atoms with Crippen molar-refractivity contribution in [2.75, 3.05) is 17.4 Å². The molecule has 1 aliphatic carbocycles. The Bertz CT molecular complexity index is 1410. The monoisotopic (exact) mass is 581 g/mol. The van der Waals surface area contributed by atoms with Crippen LogP contribution in [0.25, 0.3) is 0 Å². The van der Waals surface area contributed by atoms with E-state index >= 15 is 0 Å². The predicted molar refractivity (Wildman–Crippen MR) is 159 cm³/mol. The molecule has 0 saturated heterocycles. The number of nitrogens with zero attached hydrogens (tertiary/aromatic N) is 2. The van der Waals surface area contributed by atoms with Gasteiger partial charge in [-0.3, -0.25) is 13.9 Å². The first-order valence-electron chi connectivity index (χ1n) is 13.6. The quantitative estimate of drug-likeness (QED) is 0.330. The van der Waals surface area contributed by atoms with Gasteiger partial charge in [0.2, 0.25) is 11.8 Å². The van der Waals surface area contributed by atoms with Crippen LogP contribution in [-0.4, -0.2) is 50.3 Å². The average molecular weight is 582 g/mol. The van der Waals surface area contributed by atoms with Gasteiger partial charge in [0.25, 0.3) is 10.0 Å². The molecule has 9 heteroatoms. The number of amides is 2. The molecule has 0 unspecified atom stereocenters. The van der Waals surface area contributed by atoms with E-state index in [0.717, 1.165) is 41.1 Å². The van der Waals surface area contributed by atoms with Gasteiger partial charge in [0.05, 0.1) is 10.6 Å². The maximum absolute atomic E-state index is 14.0. The van der Waals surface area contributed by atoms with E-state index in [1.54, 1.807) is 43.3 Å². The second-order valence-electron chi connectivity index (χ2n) is 10.2. The molecule has 0 aromatic heterocycles. The predicted octanol–water partition coefficient (Wildman–Crippen LogP) is 5.36. The zero-order valence-electron chi connectivity index (χ0n) is 22.9. The third-order valence-electron chi connectivity index (χ3n) is 7.41. The number of anilines is 1. The summed E-state index contributed by atoms with van der Waals surface area (Å²) in [7, 11) is -4.12. The fourth-order valence-corrected chi connectivity index (χ4v) is 6.55. The molecule has 40 heavy (non-hydrogen) atoms. The Morgan fingerprint density at radius 3 is 2.23 bits per heavy atom. The Labute approximate surface area is 242 Å². The van der Waals surface area contributed by atoms with Crippen LogP contribution in [0, 0.1) is 6.92 Å². The van der Waals surface area contributed by atoms with Crippen molar-refractivity contribution >= 4 is 39.1 Å². The molecule has 1 atom stereocenters. The first-order chi connectivity index (χ1) is 19.2. The van der Waals surface area contributed by atoms with Crippen molar-refractivity contribution in [3.63, 3.8) is 0 Å². The van der Waals surface area contributed by atoms with Crippen molar-refractivity contribution in [3.8, 4) is 0 Å². The lowest BCUT2D eigenvalue weighted by Gasteiger charge is -2.32. The third kappa shape index (κ3) is 7.23. The zero-order valence-corrected chi connectivity index (χ0v) is 24.5. The molecule has 1 fully saturated rings. The summed E-state index contributed by atoms with van der Waals surface area (Å²) in [6, 6.07) is 21.9. The second-order valence-corrected chi connectivity index (χ2v) is 12.5. The van der Waals surface area contributed by atoms with Gasteiger partial charge in [-0.05, 0) is 68.5 Å². The van der Waals surface area contributed by atoms with Gasteiger partial charge in [0.1, 0.15) is 12.6 Å². The van der Waals surface area contributed by atoms with Crippen LogP contribution in [0.2, 0.25) is 5.02 Å². The van der Waals surface area contributed by atoms with Crippen LogP contribution in [0.1, 0.15) is 43.7 Å². The number of carbonyl (C=O) groups is 2. The van der Waals surface area contributed by atoms with E-state index in [1.165, 1.54) is 17.0 Å². The molecular formula is C31H36ClN3O4S.